The van der Waals surface area contributed by atoms with Gasteiger partial charge in [-0.15, -0.1) is 11.3 Å². The van der Waals surface area contributed by atoms with Gasteiger partial charge in [0.25, 0.3) is 0 Å². The summed E-state index contributed by atoms with van der Waals surface area (Å²) in [6.07, 6.45) is 0. The molecule has 0 saturated heterocycles. The van der Waals surface area contributed by atoms with Crippen LogP contribution in [0.4, 0.5) is 22.2 Å². The Morgan fingerprint density at radius 3 is 2.24 bits per heavy atom. The van der Waals surface area contributed by atoms with E-state index in [1.807, 2.05) is 91.2 Å². The molecule has 3 aromatic carbocycles. The van der Waals surface area contributed by atoms with E-state index in [2.05, 4.69) is 20.5 Å². The van der Waals surface area contributed by atoms with Gasteiger partial charge in [0.1, 0.15) is 5.75 Å². The summed E-state index contributed by atoms with van der Waals surface area (Å²) >= 11 is 1.57. The van der Waals surface area contributed by atoms with Crippen LogP contribution in [0.3, 0.4) is 0 Å². The Hall–Kier alpha value is -3.51. The highest BCUT2D eigenvalue weighted by molar-refractivity contribution is 7.14. The Kier molecular flexibility index (Phi) is 5.92. The molecule has 144 valence electrons. The third kappa shape index (κ3) is 5.06. The van der Waals surface area contributed by atoms with Gasteiger partial charge in [-0.05, 0) is 55.5 Å². The van der Waals surface area contributed by atoms with Crippen molar-refractivity contribution in [2.45, 2.75) is 6.92 Å². The van der Waals surface area contributed by atoms with Gasteiger partial charge < -0.3 is 10.1 Å². The third-order valence-electron chi connectivity index (χ3n) is 4.12. The summed E-state index contributed by atoms with van der Waals surface area (Å²) in [5.74, 6) is 0.863. The molecule has 0 aliphatic carbocycles. The van der Waals surface area contributed by atoms with Crippen molar-refractivity contribution in [1.82, 2.24) is 4.98 Å². The van der Waals surface area contributed by atoms with Crippen molar-refractivity contribution in [2.24, 2.45) is 10.2 Å². The summed E-state index contributed by atoms with van der Waals surface area (Å²) in [4.78, 5) is 4.68. The summed E-state index contributed by atoms with van der Waals surface area (Å²) < 4.78 is 5.47. The molecule has 6 heteroatoms. The summed E-state index contributed by atoms with van der Waals surface area (Å²) in [6.45, 7) is 2.64. The summed E-state index contributed by atoms with van der Waals surface area (Å²) in [5, 5.41) is 14.7. The number of hydrogen-bond acceptors (Lipinski definition) is 6. The minimum atomic E-state index is 0.662. The van der Waals surface area contributed by atoms with Gasteiger partial charge in [0.15, 0.2) is 5.13 Å². The van der Waals surface area contributed by atoms with Crippen LogP contribution in [0.15, 0.2) is 94.5 Å². The molecule has 4 aromatic rings. The van der Waals surface area contributed by atoms with E-state index in [1.165, 1.54) is 0 Å². The van der Waals surface area contributed by atoms with Crippen LogP contribution in [0.5, 0.6) is 5.75 Å². The standard InChI is InChI=1S/C23H20N4OS/c1-2-28-21-14-12-18(13-15-21)24-23-25-22(16-29-23)17-8-10-20(11-9-17)27-26-19-6-4-3-5-7-19/h3-16H,2H2,1H3,(H,24,25). The maximum atomic E-state index is 5.47. The smallest absolute Gasteiger partial charge is 0.187 e. The molecule has 0 radical (unpaired) electrons. The van der Waals surface area contributed by atoms with Gasteiger partial charge in [-0.3, -0.25) is 0 Å². The number of azo groups is 1. The molecular weight excluding hydrogens is 380 g/mol. The molecule has 0 atom stereocenters. The van der Waals surface area contributed by atoms with Crippen molar-refractivity contribution in [1.29, 1.82) is 0 Å². The average molecular weight is 401 g/mol. The minimum absolute atomic E-state index is 0.662. The first-order valence-corrected chi connectivity index (χ1v) is 10.2. The Balaban J connectivity index is 1.41. The maximum Gasteiger partial charge on any atom is 0.187 e. The molecule has 0 fully saturated rings. The van der Waals surface area contributed by atoms with E-state index >= 15 is 0 Å². The molecule has 0 aliphatic rings. The number of anilines is 2. The fraction of sp³-hybridized carbons (Fsp3) is 0.0870. The number of thiazole rings is 1. The van der Waals surface area contributed by atoms with Crippen molar-refractivity contribution in [2.75, 3.05) is 11.9 Å². The zero-order valence-electron chi connectivity index (χ0n) is 15.9. The molecule has 0 aliphatic heterocycles. The minimum Gasteiger partial charge on any atom is -0.494 e. The van der Waals surface area contributed by atoms with Crippen LogP contribution in [0.2, 0.25) is 0 Å². The lowest BCUT2D eigenvalue weighted by Crippen LogP contribution is -1.92. The van der Waals surface area contributed by atoms with E-state index in [0.717, 1.165) is 39.2 Å². The molecule has 29 heavy (non-hydrogen) atoms. The number of rotatable bonds is 7. The van der Waals surface area contributed by atoms with Gasteiger partial charge in [-0.1, -0.05) is 30.3 Å². The molecular formula is C23H20N4OS. The number of ether oxygens (including phenoxy) is 1. The summed E-state index contributed by atoms with van der Waals surface area (Å²) in [7, 11) is 0. The Morgan fingerprint density at radius 2 is 1.55 bits per heavy atom. The van der Waals surface area contributed by atoms with Gasteiger partial charge >= 0.3 is 0 Å². The second kappa shape index (κ2) is 9.12. The predicted molar refractivity (Wildman–Crippen MR) is 119 cm³/mol. The third-order valence-corrected chi connectivity index (χ3v) is 4.88. The molecule has 0 unspecified atom stereocenters. The van der Waals surface area contributed by atoms with Gasteiger partial charge in [0, 0.05) is 16.6 Å². The van der Waals surface area contributed by atoms with E-state index in [1.54, 1.807) is 11.3 Å². The van der Waals surface area contributed by atoms with Crippen LogP contribution in [0.1, 0.15) is 6.92 Å². The predicted octanol–water partition coefficient (Wildman–Crippen LogP) is 7.37. The molecule has 1 N–H and O–H groups in total. The first-order valence-electron chi connectivity index (χ1n) is 9.33. The number of hydrogen-bond donors (Lipinski definition) is 1. The zero-order chi connectivity index (χ0) is 19.9. The van der Waals surface area contributed by atoms with Crippen molar-refractivity contribution in [3.8, 4) is 17.0 Å². The molecule has 0 spiro atoms. The molecule has 1 aromatic heterocycles. The van der Waals surface area contributed by atoms with E-state index in [0.29, 0.717) is 6.61 Å². The molecule has 0 bridgehead atoms. The van der Waals surface area contributed by atoms with E-state index in [-0.39, 0.29) is 0 Å². The normalized spacial score (nSPS) is 10.9. The van der Waals surface area contributed by atoms with E-state index < -0.39 is 0 Å². The van der Waals surface area contributed by atoms with Crippen molar-refractivity contribution in [3.63, 3.8) is 0 Å². The highest BCUT2D eigenvalue weighted by Gasteiger charge is 2.05. The molecule has 0 saturated carbocycles. The second-order valence-corrected chi connectivity index (χ2v) is 7.06. The van der Waals surface area contributed by atoms with E-state index in [9.17, 15) is 0 Å². The fourth-order valence-corrected chi connectivity index (χ4v) is 3.44. The van der Waals surface area contributed by atoms with E-state index in [4.69, 9.17) is 4.74 Å². The zero-order valence-corrected chi connectivity index (χ0v) is 16.8. The highest BCUT2D eigenvalue weighted by Crippen LogP contribution is 2.29. The fourth-order valence-electron chi connectivity index (χ4n) is 2.70. The van der Waals surface area contributed by atoms with Gasteiger partial charge in [0.2, 0.25) is 0 Å². The Labute approximate surface area is 173 Å². The first kappa shape index (κ1) is 18.8. The van der Waals surface area contributed by atoms with Gasteiger partial charge in [0.05, 0.1) is 23.7 Å². The Bertz CT molecular complexity index is 1070. The van der Waals surface area contributed by atoms with Crippen LogP contribution in [-0.2, 0) is 0 Å². The van der Waals surface area contributed by atoms with Crippen LogP contribution in [0, 0.1) is 0 Å². The molecule has 0 amide bonds. The molecule has 1 heterocycles. The maximum absolute atomic E-state index is 5.47. The number of aromatic nitrogens is 1. The second-order valence-electron chi connectivity index (χ2n) is 6.20. The summed E-state index contributed by atoms with van der Waals surface area (Å²) in [5.41, 5.74) is 4.59. The highest BCUT2D eigenvalue weighted by atomic mass is 32.1. The van der Waals surface area contributed by atoms with Gasteiger partial charge in [-0.25, -0.2) is 4.98 Å². The first-order chi connectivity index (χ1) is 14.3. The van der Waals surface area contributed by atoms with Crippen molar-refractivity contribution >= 4 is 33.5 Å². The largest absolute Gasteiger partial charge is 0.494 e. The summed E-state index contributed by atoms with van der Waals surface area (Å²) in [6, 6.07) is 25.5. The average Bonchev–Trinajstić information content (AvgIpc) is 3.23. The van der Waals surface area contributed by atoms with Crippen molar-refractivity contribution < 1.29 is 4.74 Å². The van der Waals surface area contributed by atoms with Crippen LogP contribution in [0.25, 0.3) is 11.3 Å². The SMILES string of the molecule is CCOc1ccc(Nc2nc(-c3ccc(N=Nc4ccccc4)cc3)cs2)cc1. The van der Waals surface area contributed by atoms with Crippen LogP contribution < -0.4 is 10.1 Å². The van der Waals surface area contributed by atoms with Crippen molar-refractivity contribution in [3.05, 3.63) is 84.2 Å². The topological polar surface area (TPSA) is 58.9 Å². The number of benzene rings is 3. The lowest BCUT2D eigenvalue weighted by Gasteiger charge is -2.05. The lowest BCUT2D eigenvalue weighted by molar-refractivity contribution is 0.340. The van der Waals surface area contributed by atoms with Crippen LogP contribution >= 0.6 is 11.3 Å². The Morgan fingerprint density at radius 1 is 0.862 bits per heavy atom. The van der Waals surface area contributed by atoms with Crippen LogP contribution in [-0.4, -0.2) is 11.6 Å². The quantitative estimate of drug-likeness (QED) is 0.329. The monoisotopic (exact) mass is 400 g/mol. The van der Waals surface area contributed by atoms with Gasteiger partial charge in [-0.2, -0.15) is 10.2 Å². The number of nitrogens with zero attached hydrogens (tertiary/aromatic N) is 3. The number of nitrogens with one attached hydrogen (secondary N) is 1. The molecule has 5 nitrogen and oxygen atoms in total. The molecule has 4 rings (SSSR count). The lowest BCUT2D eigenvalue weighted by atomic mass is 10.1.